The van der Waals surface area contributed by atoms with Gasteiger partial charge >= 0.3 is 0 Å². The average molecular weight is 230 g/mol. The summed E-state index contributed by atoms with van der Waals surface area (Å²) in [6, 6.07) is 10.3. The molecule has 0 saturated heterocycles. The van der Waals surface area contributed by atoms with Crippen LogP contribution >= 0.6 is 0 Å². The lowest BCUT2D eigenvalue weighted by molar-refractivity contribution is -0.385. The first-order valence-electron chi connectivity index (χ1n) is 5.00. The molecule has 5 heteroatoms. The molecule has 0 radical (unpaired) electrons. The Morgan fingerprint density at radius 3 is 2.71 bits per heavy atom. The highest BCUT2D eigenvalue weighted by Crippen LogP contribution is 2.21. The first kappa shape index (κ1) is 11.1. The summed E-state index contributed by atoms with van der Waals surface area (Å²) in [7, 11) is 0. The molecule has 0 N–H and O–H groups in total. The third-order valence-corrected chi connectivity index (χ3v) is 2.14. The van der Waals surface area contributed by atoms with E-state index in [0.717, 1.165) is 5.56 Å². The maximum atomic E-state index is 10.4. The third kappa shape index (κ3) is 2.78. The highest BCUT2D eigenvalue weighted by atomic mass is 16.6. The molecule has 0 amide bonds. The van der Waals surface area contributed by atoms with E-state index in [4.69, 9.17) is 4.74 Å². The summed E-state index contributed by atoms with van der Waals surface area (Å²) < 4.78 is 5.46. The molecule has 0 saturated carbocycles. The molecule has 0 spiro atoms. The van der Waals surface area contributed by atoms with Crippen LogP contribution in [0.15, 0.2) is 42.6 Å². The van der Waals surface area contributed by atoms with Crippen LogP contribution in [0.1, 0.15) is 5.56 Å². The van der Waals surface area contributed by atoms with E-state index in [9.17, 15) is 10.1 Å². The Hall–Kier alpha value is -2.43. The molecule has 0 aliphatic rings. The van der Waals surface area contributed by atoms with Crippen LogP contribution in [0.5, 0.6) is 11.6 Å². The van der Waals surface area contributed by atoms with Gasteiger partial charge in [-0.2, -0.15) is 0 Å². The van der Waals surface area contributed by atoms with E-state index < -0.39 is 4.92 Å². The van der Waals surface area contributed by atoms with Crippen LogP contribution in [0.3, 0.4) is 0 Å². The quantitative estimate of drug-likeness (QED) is 0.600. The number of aryl methyl sites for hydroxylation is 1. The zero-order valence-corrected chi connectivity index (χ0v) is 9.16. The lowest BCUT2D eigenvalue weighted by Gasteiger charge is -2.04. The standard InChI is InChI=1S/C12H10N2O3/c1-9-3-2-4-11(7-9)17-12-6-5-10(8-13-12)14(15)16/h2-8H,1H3. The molecule has 2 aromatic rings. The van der Waals surface area contributed by atoms with Crippen molar-refractivity contribution in [2.24, 2.45) is 0 Å². The van der Waals surface area contributed by atoms with Crippen LogP contribution in [0.4, 0.5) is 5.69 Å². The fourth-order valence-corrected chi connectivity index (χ4v) is 1.34. The number of hydrogen-bond acceptors (Lipinski definition) is 4. The molecule has 1 heterocycles. The summed E-state index contributed by atoms with van der Waals surface area (Å²) >= 11 is 0. The van der Waals surface area contributed by atoms with Gasteiger partial charge in [-0.15, -0.1) is 0 Å². The number of aromatic nitrogens is 1. The lowest BCUT2D eigenvalue weighted by atomic mass is 10.2. The SMILES string of the molecule is Cc1cccc(Oc2ccc([N+](=O)[O-])cn2)c1. The molecule has 0 fully saturated rings. The number of ether oxygens (including phenoxy) is 1. The highest BCUT2D eigenvalue weighted by Gasteiger charge is 2.06. The van der Waals surface area contributed by atoms with Crippen LogP contribution in [0.2, 0.25) is 0 Å². The monoisotopic (exact) mass is 230 g/mol. The molecule has 5 nitrogen and oxygen atoms in total. The molecule has 0 unspecified atom stereocenters. The minimum Gasteiger partial charge on any atom is -0.439 e. The average Bonchev–Trinajstić information content (AvgIpc) is 2.29. The van der Waals surface area contributed by atoms with Gasteiger partial charge in [0, 0.05) is 12.1 Å². The first-order valence-corrected chi connectivity index (χ1v) is 5.00. The van der Waals surface area contributed by atoms with E-state index in [1.54, 1.807) is 6.07 Å². The van der Waals surface area contributed by atoms with Gasteiger partial charge in [0.15, 0.2) is 0 Å². The van der Waals surface area contributed by atoms with Gasteiger partial charge in [-0.05, 0) is 24.6 Å². The van der Waals surface area contributed by atoms with Crippen molar-refractivity contribution in [3.8, 4) is 11.6 Å². The van der Waals surface area contributed by atoms with Crippen molar-refractivity contribution in [2.45, 2.75) is 6.92 Å². The molecule has 0 atom stereocenters. The van der Waals surface area contributed by atoms with Gasteiger partial charge in [-0.1, -0.05) is 12.1 Å². The second kappa shape index (κ2) is 4.61. The number of benzene rings is 1. The third-order valence-electron chi connectivity index (χ3n) is 2.14. The zero-order valence-electron chi connectivity index (χ0n) is 9.16. The number of nitrogens with zero attached hydrogens (tertiary/aromatic N) is 2. The molecule has 1 aromatic heterocycles. The fourth-order valence-electron chi connectivity index (χ4n) is 1.34. The summed E-state index contributed by atoms with van der Waals surface area (Å²) in [5, 5.41) is 10.4. The minimum absolute atomic E-state index is 0.0541. The molecule has 1 aromatic carbocycles. The van der Waals surface area contributed by atoms with Gasteiger partial charge in [0.2, 0.25) is 5.88 Å². The van der Waals surface area contributed by atoms with Crippen LogP contribution in [0, 0.1) is 17.0 Å². The van der Waals surface area contributed by atoms with Crippen molar-refractivity contribution in [2.75, 3.05) is 0 Å². The van der Waals surface area contributed by atoms with E-state index in [2.05, 4.69) is 4.98 Å². The molecule has 86 valence electrons. The Kier molecular flexibility index (Phi) is 3.00. The van der Waals surface area contributed by atoms with E-state index in [-0.39, 0.29) is 5.69 Å². The summed E-state index contributed by atoms with van der Waals surface area (Å²) in [5.41, 5.74) is 1.02. The van der Waals surface area contributed by atoms with Crippen LogP contribution in [0.25, 0.3) is 0 Å². The van der Waals surface area contributed by atoms with Gasteiger partial charge < -0.3 is 4.74 Å². The van der Waals surface area contributed by atoms with Gasteiger partial charge in [0.1, 0.15) is 11.9 Å². The molecule has 0 aliphatic carbocycles. The largest absolute Gasteiger partial charge is 0.439 e. The Morgan fingerprint density at radius 2 is 2.12 bits per heavy atom. The maximum Gasteiger partial charge on any atom is 0.287 e. The molecule has 17 heavy (non-hydrogen) atoms. The summed E-state index contributed by atoms with van der Waals surface area (Å²) in [6.45, 7) is 1.95. The van der Waals surface area contributed by atoms with Gasteiger partial charge in [0.05, 0.1) is 4.92 Å². The van der Waals surface area contributed by atoms with Gasteiger partial charge in [-0.25, -0.2) is 4.98 Å². The Labute approximate surface area is 97.8 Å². The topological polar surface area (TPSA) is 65.3 Å². The molecule has 0 aliphatic heterocycles. The van der Waals surface area contributed by atoms with E-state index in [1.807, 2.05) is 25.1 Å². The Balaban J connectivity index is 2.16. The van der Waals surface area contributed by atoms with Gasteiger partial charge in [-0.3, -0.25) is 10.1 Å². The zero-order chi connectivity index (χ0) is 12.3. The van der Waals surface area contributed by atoms with Crippen molar-refractivity contribution in [3.63, 3.8) is 0 Å². The smallest absolute Gasteiger partial charge is 0.287 e. The number of hydrogen-bond donors (Lipinski definition) is 0. The van der Waals surface area contributed by atoms with Crippen molar-refractivity contribution < 1.29 is 9.66 Å². The van der Waals surface area contributed by atoms with Gasteiger partial charge in [0.25, 0.3) is 5.69 Å². The van der Waals surface area contributed by atoms with Crippen molar-refractivity contribution in [1.29, 1.82) is 0 Å². The fraction of sp³-hybridized carbons (Fsp3) is 0.0833. The van der Waals surface area contributed by atoms with E-state index in [1.165, 1.54) is 18.3 Å². The van der Waals surface area contributed by atoms with Crippen molar-refractivity contribution >= 4 is 5.69 Å². The van der Waals surface area contributed by atoms with Crippen LogP contribution in [-0.4, -0.2) is 9.91 Å². The second-order valence-electron chi connectivity index (χ2n) is 3.53. The Bertz CT molecular complexity index is 538. The predicted octanol–water partition coefficient (Wildman–Crippen LogP) is 3.09. The second-order valence-corrected chi connectivity index (χ2v) is 3.53. The highest BCUT2D eigenvalue weighted by molar-refractivity contribution is 5.33. The van der Waals surface area contributed by atoms with Crippen molar-refractivity contribution in [3.05, 3.63) is 58.3 Å². The van der Waals surface area contributed by atoms with Crippen molar-refractivity contribution in [1.82, 2.24) is 4.98 Å². The summed E-state index contributed by atoms with van der Waals surface area (Å²) in [4.78, 5) is 13.8. The molecular weight excluding hydrogens is 220 g/mol. The number of pyridine rings is 1. The summed E-state index contributed by atoms with van der Waals surface area (Å²) in [6.07, 6.45) is 1.17. The lowest BCUT2D eigenvalue weighted by Crippen LogP contribution is -1.91. The van der Waals surface area contributed by atoms with Crippen LogP contribution < -0.4 is 4.74 Å². The predicted molar refractivity (Wildman–Crippen MR) is 62.1 cm³/mol. The molecular formula is C12H10N2O3. The van der Waals surface area contributed by atoms with E-state index in [0.29, 0.717) is 11.6 Å². The van der Waals surface area contributed by atoms with E-state index >= 15 is 0 Å². The normalized spacial score (nSPS) is 9.94. The Morgan fingerprint density at radius 1 is 1.29 bits per heavy atom. The molecule has 2 rings (SSSR count). The maximum absolute atomic E-state index is 10.4. The van der Waals surface area contributed by atoms with Crippen LogP contribution in [-0.2, 0) is 0 Å². The number of nitro groups is 1. The minimum atomic E-state index is -0.497. The molecule has 0 bridgehead atoms. The number of rotatable bonds is 3. The first-order chi connectivity index (χ1) is 8.15. The summed E-state index contributed by atoms with van der Waals surface area (Å²) in [5.74, 6) is 0.993.